The topological polar surface area (TPSA) is 169 Å². The first-order chi connectivity index (χ1) is 29.9. The van der Waals surface area contributed by atoms with Gasteiger partial charge in [-0.05, 0) is 141 Å². The van der Waals surface area contributed by atoms with Crippen LogP contribution in [0.4, 0.5) is 0 Å². The number of ether oxygens (including phenoxy) is 3. The lowest BCUT2D eigenvalue weighted by Crippen LogP contribution is -2.38. The largest absolute Gasteiger partial charge is 0.507 e. The maximum atomic E-state index is 13.3. The molecule has 63 heavy (non-hydrogen) atoms. The number of hydrogen-bond acceptors (Lipinski definition) is 10. The fraction of sp³-hybridized carbons (Fsp3) is 0.321. The molecule has 0 radical (unpaired) electrons. The molecule has 10 heteroatoms. The first kappa shape index (κ1) is 42.1. The van der Waals surface area contributed by atoms with Crippen LogP contribution in [0.5, 0.6) is 40.2 Å². The highest BCUT2D eigenvalue weighted by molar-refractivity contribution is 5.71. The Kier molecular flexibility index (Phi) is 10.4. The van der Waals surface area contributed by atoms with E-state index in [0.29, 0.717) is 33.8 Å². The number of aliphatic hydroxyl groups excluding tert-OH is 3. The summed E-state index contributed by atoms with van der Waals surface area (Å²) in [5.41, 5.74) is 10.8. The lowest BCUT2D eigenvalue weighted by molar-refractivity contribution is 0.000301. The quantitative estimate of drug-likeness (QED) is 0.0831. The molecule has 3 aliphatic rings. The van der Waals surface area contributed by atoms with Gasteiger partial charge in [0.2, 0.25) is 0 Å². The first-order valence-electron chi connectivity index (χ1n) is 21.5. The Hall–Kier alpha value is -6.20. The Bertz CT molecular complexity index is 2830. The number of benzene rings is 6. The first-order valence-corrected chi connectivity index (χ1v) is 21.5. The highest BCUT2D eigenvalue weighted by Crippen LogP contribution is 2.61. The third kappa shape index (κ3) is 6.92. The molecule has 8 unspecified atom stereocenters. The van der Waals surface area contributed by atoms with Crippen molar-refractivity contribution in [3.05, 3.63) is 168 Å². The Balaban J connectivity index is 1.34. The smallest absolute Gasteiger partial charge is 0.157 e. The molecule has 6 aromatic carbocycles. The van der Waals surface area contributed by atoms with Gasteiger partial charge in [-0.1, -0.05) is 54.6 Å². The normalized spacial score (nSPS) is 23.7. The molecule has 0 spiro atoms. The van der Waals surface area contributed by atoms with Crippen molar-refractivity contribution < 1.29 is 50.0 Å². The number of rotatable bonds is 5. The van der Waals surface area contributed by atoms with E-state index in [4.69, 9.17) is 14.2 Å². The number of hydrogen-bond donors (Lipinski definition) is 7. The van der Waals surface area contributed by atoms with Crippen molar-refractivity contribution in [2.75, 3.05) is 0 Å². The van der Waals surface area contributed by atoms with Crippen LogP contribution in [0.3, 0.4) is 0 Å². The summed E-state index contributed by atoms with van der Waals surface area (Å²) in [5, 5.41) is 84.4. The third-order valence-corrected chi connectivity index (χ3v) is 13.7. The summed E-state index contributed by atoms with van der Waals surface area (Å²) in [5.74, 6) is -2.61. The minimum Gasteiger partial charge on any atom is -0.507 e. The lowest BCUT2D eigenvalue weighted by Gasteiger charge is -2.43. The predicted molar refractivity (Wildman–Crippen MR) is 239 cm³/mol. The van der Waals surface area contributed by atoms with Crippen molar-refractivity contribution in [2.24, 2.45) is 0 Å². The molecule has 8 atom stereocenters. The number of aromatic hydroxyl groups is 4. The number of aryl methyl sites for hydroxylation is 8. The van der Waals surface area contributed by atoms with Crippen LogP contribution >= 0.6 is 0 Å². The minimum absolute atomic E-state index is 0.00542. The summed E-state index contributed by atoms with van der Waals surface area (Å²) >= 11 is 0. The molecule has 9 rings (SSSR count). The van der Waals surface area contributed by atoms with Gasteiger partial charge in [-0.15, -0.1) is 0 Å². The summed E-state index contributed by atoms with van der Waals surface area (Å²) in [6.45, 7) is 15.7. The maximum absolute atomic E-state index is 13.3. The van der Waals surface area contributed by atoms with E-state index in [1.165, 1.54) is 18.2 Å². The van der Waals surface area contributed by atoms with E-state index in [1.807, 2.05) is 116 Å². The van der Waals surface area contributed by atoms with Gasteiger partial charge in [-0.3, -0.25) is 0 Å². The molecular weight excluding hydrogens is 797 g/mol. The standard InChI is InChI=1S/C53H54O10/c1-23-15-29(7)40-38(17-23)61-51(31-11-9-25(3)27(5)19-31)48(59)42(40)44-46(57)34-22-37(56)50(33-13-14-35(54)36(55)21-33)63-53(34)45(47(44)58)43-41-30(8)16-24(2)18-39(41)62-52(49(43)60)32-12-10-26(4)28(6)20-32/h9-21,37,42-43,48-52,54-60H,22H2,1-8H3. The van der Waals surface area contributed by atoms with Crippen LogP contribution in [-0.4, -0.2) is 54.1 Å². The van der Waals surface area contributed by atoms with Crippen LogP contribution < -0.4 is 14.2 Å². The van der Waals surface area contributed by atoms with Crippen molar-refractivity contribution in [3.8, 4) is 40.2 Å². The molecule has 0 aliphatic carbocycles. The van der Waals surface area contributed by atoms with Crippen molar-refractivity contribution in [3.63, 3.8) is 0 Å². The van der Waals surface area contributed by atoms with Gasteiger partial charge in [0, 0.05) is 34.2 Å². The van der Waals surface area contributed by atoms with Gasteiger partial charge in [0.15, 0.2) is 23.7 Å². The van der Waals surface area contributed by atoms with Gasteiger partial charge in [0.25, 0.3) is 0 Å². The van der Waals surface area contributed by atoms with Gasteiger partial charge < -0.3 is 50.0 Å². The summed E-state index contributed by atoms with van der Waals surface area (Å²) in [6, 6.07) is 23.6. The highest BCUT2D eigenvalue weighted by Gasteiger charge is 2.50. The molecule has 0 amide bonds. The van der Waals surface area contributed by atoms with Crippen molar-refractivity contribution >= 4 is 0 Å². The number of phenols is 4. The molecule has 3 heterocycles. The minimum atomic E-state index is -1.34. The number of aliphatic hydroxyl groups is 3. The molecule has 0 saturated heterocycles. The van der Waals surface area contributed by atoms with Crippen LogP contribution in [0.25, 0.3) is 0 Å². The molecular formula is C53H54O10. The number of fused-ring (bicyclic) bond motifs is 3. The van der Waals surface area contributed by atoms with Gasteiger partial charge in [-0.2, -0.15) is 0 Å². The fourth-order valence-electron chi connectivity index (χ4n) is 10.3. The zero-order valence-corrected chi connectivity index (χ0v) is 36.7. The molecule has 0 fully saturated rings. The lowest BCUT2D eigenvalue weighted by atomic mass is 9.72. The van der Waals surface area contributed by atoms with Crippen LogP contribution in [-0.2, 0) is 6.42 Å². The summed E-state index contributed by atoms with van der Waals surface area (Å²) in [7, 11) is 0. The average Bonchev–Trinajstić information content (AvgIpc) is 3.22. The molecule has 7 N–H and O–H groups in total. The van der Waals surface area contributed by atoms with Gasteiger partial charge in [0.1, 0.15) is 47.1 Å². The zero-order chi connectivity index (χ0) is 44.9. The van der Waals surface area contributed by atoms with Crippen molar-refractivity contribution in [2.45, 2.75) is 110 Å². The Morgan fingerprint density at radius 2 is 0.905 bits per heavy atom. The van der Waals surface area contributed by atoms with E-state index in [-0.39, 0.29) is 40.4 Å². The molecule has 0 bridgehead atoms. The SMILES string of the molecule is Cc1cc(C)c2c(c1)OC(c1ccc(C)c(C)c1)C(O)C2c1c(O)c2c(c(C3c4c(C)cc(C)cc4OC(c4ccc(C)c(C)c4)C3O)c1O)OC(c1ccc(O)c(O)c1)C(O)C2. The van der Waals surface area contributed by atoms with Crippen LogP contribution in [0.1, 0.15) is 119 Å². The van der Waals surface area contributed by atoms with E-state index >= 15 is 0 Å². The van der Waals surface area contributed by atoms with Crippen molar-refractivity contribution in [1.82, 2.24) is 0 Å². The summed E-state index contributed by atoms with van der Waals surface area (Å²) in [4.78, 5) is 0. The maximum Gasteiger partial charge on any atom is 0.157 e. The second-order valence-electron chi connectivity index (χ2n) is 18.1. The molecule has 0 saturated carbocycles. The van der Waals surface area contributed by atoms with E-state index < -0.39 is 60.0 Å². The van der Waals surface area contributed by atoms with Crippen LogP contribution in [0.2, 0.25) is 0 Å². The summed E-state index contributed by atoms with van der Waals surface area (Å²) < 4.78 is 20.2. The Labute approximate surface area is 367 Å². The zero-order valence-electron chi connectivity index (χ0n) is 36.7. The molecule has 326 valence electrons. The van der Waals surface area contributed by atoms with Gasteiger partial charge in [0.05, 0.1) is 17.9 Å². The summed E-state index contributed by atoms with van der Waals surface area (Å²) in [6.07, 6.45) is -7.09. The Morgan fingerprint density at radius 3 is 1.40 bits per heavy atom. The Morgan fingerprint density at radius 1 is 0.429 bits per heavy atom. The van der Waals surface area contributed by atoms with Gasteiger partial charge in [-0.25, -0.2) is 0 Å². The third-order valence-electron chi connectivity index (χ3n) is 13.7. The second kappa shape index (κ2) is 15.6. The molecule has 6 aromatic rings. The van der Waals surface area contributed by atoms with E-state index in [9.17, 15) is 35.7 Å². The monoisotopic (exact) mass is 850 g/mol. The second-order valence-corrected chi connectivity index (χ2v) is 18.1. The molecule has 3 aliphatic heterocycles. The van der Waals surface area contributed by atoms with Crippen LogP contribution in [0.15, 0.2) is 78.9 Å². The van der Waals surface area contributed by atoms with E-state index in [0.717, 1.165) is 50.1 Å². The molecule has 0 aromatic heterocycles. The predicted octanol–water partition coefficient (Wildman–Crippen LogP) is 9.27. The van der Waals surface area contributed by atoms with Crippen molar-refractivity contribution in [1.29, 1.82) is 0 Å². The number of phenolic OH excluding ortho intramolecular Hbond substituents is 4. The van der Waals surface area contributed by atoms with E-state index in [2.05, 4.69) is 0 Å². The fourth-order valence-corrected chi connectivity index (χ4v) is 10.3. The average molecular weight is 851 g/mol. The van der Waals surface area contributed by atoms with Crippen LogP contribution in [0, 0.1) is 55.4 Å². The van der Waals surface area contributed by atoms with E-state index in [1.54, 1.807) is 0 Å². The molecule has 10 nitrogen and oxygen atoms in total. The van der Waals surface area contributed by atoms with Gasteiger partial charge >= 0.3 is 0 Å². The highest BCUT2D eigenvalue weighted by atomic mass is 16.5.